The largest absolute Gasteiger partial charge is 0.493 e. The minimum atomic E-state index is -2.74. The molecule has 5 heteroatoms. The molecule has 0 heterocycles. The van der Waals surface area contributed by atoms with Crippen LogP contribution in [-0.2, 0) is 0 Å². The molecule has 1 aromatic rings. The average Bonchev–Trinajstić information content (AvgIpc) is 2.40. The van der Waals surface area contributed by atoms with E-state index < -0.39 is 28.9 Å². The minimum absolute atomic E-state index is 0.164. The molecule has 0 saturated heterocycles. The summed E-state index contributed by atoms with van der Waals surface area (Å²) >= 11 is 0. The fourth-order valence-electron chi connectivity index (χ4n) is 3.46. The number of methoxy groups -OCH3 is 1. The molecule has 0 aliphatic heterocycles. The number of hydrogen-bond donors (Lipinski definition) is 0. The molecule has 2 atom stereocenters. The predicted molar refractivity (Wildman–Crippen MR) is 77.4 cm³/mol. The summed E-state index contributed by atoms with van der Waals surface area (Å²) in [7, 11) is 1.26. The van der Waals surface area contributed by atoms with Crippen molar-refractivity contribution in [2.24, 2.45) is 11.3 Å². The monoisotopic (exact) mass is 318 g/mol. The van der Waals surface area contributed by atoms with Crippen molar-refractivity contribution in [2.75, 3.05) is 7.11 Å². The Balaban J connectivity index is 2.37. The Morgan fingerprint density at radius 2 is 1.82 bits per heavy atom. The van der Waals surface area contributed by atoms with Gasteiger partial charge in [-0.05, 0) is 30.2 Å². The molecule has 2 rings (SSSR count). The van der Waals surface area contributed by atoms with Crippen LogP contribution < -0.4 is 4.74 Å². The van der Waals surface area contributed by atoms with Gasteiger partial charge >= 0.3 is 0 Å². The van der Waals surface area contributed by atoms with E-state index in [-0.39, 0.29) is 30.9 Å². The molecular weight excluding hydrogens is 296 g/mol. The Labute approximate surface area is 128 Å². The molecule has 22 heavy (non-hydrogen) atoms. The molecule has 124 valence electrons. The van der Waals surface area contributed by atoms with Gasteiger partial charge in [-0.2, -0.15) is 4.39 Å². The van der Waals surface area contributed by atoms with Crippen LogP contribution in [0.4, 0.5) is 17.6 Å². The molecular formula is C17H22F4O. The van der Waals surface area contributed by atoms with Crippen LogP contribution in [0.2, 0.25) is 0 Å². The summed E-state index contributed by atoms with van der Waals surface area (Å²) < 4.78 is 60.6. The van der Waals surface area contributed by atoms with Crippen molar-refractivity contribution in [3.8, 4) is 5.75 Å². The van der Waals surface area contributed by atoms with Crippen molar-refractivity contribution in [1.82, 2.24) is 0 Å². The molecule has 0 aromatic heterocycles. The normalized spacial score (nSPS) is 25.1. The molecule has 0 N–H and O–H groups in total. The van der Waals surface area contributed by atoms with Gasteiger partial charge in [0.25, 0.3) is 5.92 Å². The number of rotatable bonds is 2. The van der Waals surface area contributed by atoms with Gasteiger partial charge in [0.05, 0.1) is 7.11 Å². The topological polar surface area (TPSA) is 9.23 Å². The molecule has 1 saturated carbocycles. The first-order valence-corrected chi connectivity index (χ1v) is 7.47. The molecule has 1 aromatic carbocycles. The first-order valence-electron chi connectivity index (χ1n) is 7.47. The van der Waals surface area contributed by atoms with Crippen LogP contribution in [0, 0.1) is 23.0 Å². The number of halogens is 4. The Bertz CT molecular complexity index is 548. The SMILES string of the molecule is COc1c(C2CCC(F)(F)C(C(C)(C)C)C2)ccc(F)c1F. The number of hydrogen-bond acceptors (Lipinski definition) is 1. The van der Waals surface area contributed by atoms with Gasteiger partial charge in [0.2, 0.25) is 5.82 Å². The molecule has 0 spiro atoms. The highest BCUT2D eigenvalue weighted by Crippen LogP contribution is 2.53. The first kappa shape index (κ1) is 17.1. The highest BCUT2D eigenvalue weighted by Gasteiger charge is 2.50. The zero-order chi connectivity index (χ0) is 16.7. The van der Waals surface area contributed by atoms with Crippen LogP contribution in [0.5, 0.6) is 5.75 Å². The second-order valence-electron chi connectivity index (χ2n) is 7.13. The van der Waals surface area contributed by atoms with Crippen molar-refractivity contribution >= 4 is 0 Å². The van der Waals surface area contributed by atoms with Crippen LogP contribution in [0.15, 0.2) is 12.1 Å². The summed E-state index contributed by atoms with van der Waals surface area (Å²) in [5.74, 6) is -6.01. The van der Waals surface area contributed by atoms with E-state index >= 15 is 0 Å². The van der Waals surface area contributed by atoms with Crippen LogP contribution in [0.25, 0.3) is 0 Å². The predicted octanol–water partition coefficient (Wildman–Crippen LogP) is 5.54. The van der Waals surface area contributed by atoms with Gasteiger partial charge in [0, 0.05) is 17.9 Å². The number of ether oxygens (including phenoxy) is 1. The lowest BCUT2D eigenvalue weighted by molar-refractivity contribution is -0.127. The maximum absolute atomic E-state index is 14.2. The van der Waals surface area contributed by atoms with E-state index in [0.717, 1.165) is 6.07 Å². The third-order valence-electron chi connectivity index (χ3n) is 4.63. The Morgan fingerprint density at radius 1 is 1.18 bits per heavy atom. The zero-order valence-corrected chi connectivity index (χ0v) is 13.4. The fraction of sp³-hybridized carbons (Fsp3) is 0.647. The van der Waals surface area contributed by atoms with Crippen molar-refractivity contribution in [3.05, 3.63) is 29.3 Å². The summed E-state index contributed by atoms with van der Waals surface area (Å²) in [4.78, 5) is 0. The van der Waals surface area contributed by atoms with E-state index in [1.54, 1.807) is 20.8 Å². The molecule has 1 nitrogen and oxygen atoms in total. The third kappa shape index (κ3) is 3.08. The molecule has 1 aliphatic carbocycles. The molecule has 0 bridgehead atoms. The maximum atomic E-state index is 14.2. The van der Waals surface area contributed by atoms with E-state index in [4.69, 9.17) is 4.74 Å². The number of benzene rings is 1. The summed E-state index contributed by atoms with van der Waals surface area (Å²) in [6, 6.07) is 2.48. The smallest absolute Gasteiger partial charge is 0.251 e. The van der Waals surface area contributed by atoms with E-state index in [9.17, 15) is 17.6 Å². The second kappa shape index (κ2) is 5.74. The molecule has 1 aliphatic rings. The van der Waals surface area contributed by atoms with Crippen molar-refractivity contribution < 1.29 is 22.3 Å². The van der Waals surface area contributed by atoms with Crippen LogP contribution >= 0.6 is 0 Å². The van der Waals surface area contributed by atoms with Crippen molar-refractivity contribution in [1.29, 1.82) is 0 Å². The summed E-state index contributed by atoms with van der Waals surface area (Å²) in [6.07, 6.45) is 0.223. The molecule has 2 unspecified atom stereocenters. The van der Waals surface area contributed by atoms with Gasteiger partial charge < -0.3 is 4.74 Å². The van der Waals surface area contributed by atoms with Gasteiger partial charge in [0.15, 0.2) is 11.6 Å². The zero-order valence-electron chi connectivity index (χ0n) is 13.4. The van der Waals surface area contributed by atoms with Gasteiger partial charge in [-0.25, -0.2) is 13.2 Å². The Hall–Kier alpha value is -1.26. The van der Waals surface area contributed by atoms with Crippen molar-refractivity contribution in [2.45, 2.75) is 51.9 Å². The molecule has 1 fully saturated rings. The van der Waals surface area contributed by atoms with Gasteiger partial charge in [0.1, 0.15) is 0 Å². The molecule has 0 radical (unpaired) electrons. The summed E-state index contributed by atoms with van der Waals surface area (Å²) in [6.45, 7) is 5.36. The lowest BCUT2D eigenvalue weighted by Gasteiger charge is -2.43. The number of alkyl halides is 2. The summed E-state index contributed by atoms with van der Waals surface area (Å²) in [5.41, 5.74) is -0.0836. The van der Waals surface area contributed by atoms with Crippen LogP contribution in [0.1, 0.15) is 51.5 Å². The highest BCUT2D eigenvalue weighted by molar-refractivity contribution is 5.39. The van der Waals surface area contributed by atoms with Gasteiger partial charge in [-0.1, -0.05) is 26.8 Å². The van der Waals surface area contributed by atoms with Crippen molar-refractivity contribution in [3.63, 3.8) is 0 Å². The minimum Gasteiger partial charge on any atom is -0.493 e. The van der Waals surface area contributed by atoms with Crippen LogP contribution in [-0.4, -0.2) is 13.0 Å². The lowest BCUT2D eigenvalue weighted by atomic mass is 9.65. The standard InChI is InChI=1S/C17H22F4O/c1-16(2,3)13-9-10(7-8-17(13,20)21)11-5-6-12(18)14(19)15(11)22-4/h5-6,10,13H,7-9H2,1-4H3. The Morgan fingerprint density at radius 3 is 2.36 bits per heavy atom. The van der Waals surface area contributed by atoms with Gasteiger partial charge in [-0.15, -0.1) is 0 Å². The maximum Gasteiger partial charge on any atom is 0.251 e. The van der Waals surface area contributed by atoms with E-state index in [1.807, 2.05) is 0 Å². The quantitative estimate of drug-likeness (QED) is 0.651. The average molecular weight is 318 g/mol. The van der Waals surface area contributed by atoms with Crippen LogP contribution in [0.3, 0.4) is 0 Å². The van der Waals surface area contributed by atoms with E-state index in [0.29, 0.717) is 5.56 Å². The Kier molecular flexibility index (Phi) is 4.46. The fourth-order valence-corrected chi connectivity index (χ4v) is 3.46. The third-order valence-corrected chi connectivity index (χ3v) is 4.63. The highest BCUT2D eigenvalue weighted by atomic mass is 19.3. The summed E-state index contributed by atoms with van der Waals surface area (Å²) in [5, 5.41) is 0. The lowest BCUT2D eigenvalue weighted by Crippen LogP contribution is -2.42. The van der Waals surface area contributed by atoms with E-state index in [1.165, 1.54) is 13.2 Å². The molecule has 0 amide bonds. The van der Waals surface area contributed by atoms with Gasteiger partial charge in [-0.3, -0.25) is 0 Å². The first-order chi connectivity index (χ1) is 10.1. The van der Waals surface area contributed by atoms with E-state index in [2.05, 4.69) is 0 Å². The second-order valence-corrected chi connectivity index (χ2v) is 7.13.